The maximum absolute atomic E-state index is 12.8. The largest absolute Gasteiger partial charge is 0.481 e. The zero-order chi connectivity index (χ0) is 13.7. The number of rotatable bonds is 5. The van der Waals surface area contributed by atoms with Crippen LogP contribution in [0.3, 0.4) is 0 Å². The molecule has 0 radical (unpaired) electrons. The van der Waals surface area contributed by atoms with Crippen LogP contribution in [0.25, 0.3) is 0 Å². The third kappa shape index (κ3) is 3.53. The number of esters is 1. The van der Waals surface area contributed by atoms with E-state index in [2.05, 4.69) is 4.98 Å². The number of halogens is 3. The van der Waals surface area contributed by atoms with E-state index in [-0.39, 0.29) is 29.5 Å². The zero-order valence-electron chi connectivity index (χ0n) is 9.87. The predicted molar refractivity (Wildman–Crippen MR) is 61.1 cm³/mol. The van der Waals surface area contributed by atoms with Crippen molar-refractivity contribution in [3.8, 4) is 5.88 Å². The van der Waals surface area contributed by atoms with Crippen LogP contribution >= 0.6 is 11.6 Å². The summed E-state index contributed by atoms with van der Waals surface area (Å²) in [5.74, 6) is -0.656. The molecular weight excluding hydrogens is 268 g/mol. The molecule has 0 amide bonds. The lowest BCUT2D eigenvalue weighted by Crippen LogP contribution is -2.11. The lowest BCUT2D eigenvalue weighted by atomic mass is 10.1. The van der Waals surface area contributed by atoms with Gasteiger partial charge in [-0.05, 0) is 6.92 Å². The molecule has 1 aromatic rings. The molecule has 0 aliphatic heterocycles. The second-order valence-corrected chi connectivity index (χ2v) is 3.70. The molecule has 0 N–H and O–H groups in total. The summed E-state index contributed by atoms with van der Waals surface area (Å²) in [4.78, 5) is 14.9. The minimum atomic E-state index is -2.85. The van der Waals surface area contributed by atoms with Crippen molar-refractivity contribution in [1.82, 2.24) is 4.98 Å². The van der Waals surface area contributed by atoms with Gasteiger partial charge in [0, 0.05) is 11.6 Å². The second-order valence-electron chi connectivity index (χ2n) is 3.29. The van der Waals surface area contributed by atoms with E-state index >= 15 is 0 Å². The van der Waals surface area contributed by atoms with Gasteiger partial charge in [-0.25, -0.2) is 13.8 Å². The van der Waals surface area contributed by atoms with Crippen LogP contribution in [0.4, 0.5) is 8.78 Å². The molecule has 0 saturated carbocycles. The van der Waals surface area contributed by atoms with E-state index in [9.17, 15) is 13.6 Å². The molecule has 0 atom stereocenters. The molecular formula is C11H12ClF2NO3. The van der Waals surface area contributed by atoms with Crippen molar-refractivity contribution in [3.05, 3.63) is 22.3 Å². The van der Waals surface area contributed by atoms with Crippen LogP contribution in [-0.4, -0.2) is 24.7 Å². The highest BCUT2D eigenvalue weighted by Gasteiger charge is 2.22. The number of nitrogens with zero attached hydrogens (tertiary/aromatic N) is 1. The number of pyridine rings is 1. The average Bonchev–Trinajstić information content (AvgIpc) is 2.31. The molecule has 0 fully saturated rings. The Morgan fingerprint density at radius 2 is 2.22 bits per heavy atom. The van der Waals surface area contributed by atoms with Gasteiger partial charge in [0.25, 0.3) is 6.43 Å². The van der Waals surface area contributed by atoms with E-state index < -0.39 is 18.1 Å². The molecule has 0 spiro atoms. The van der Waals surface area contributed by atoms with Gasteiger partial charge in [-0.1, -0.05) is 11.6 Å². The van der Waals surface area contributed by atoms with Gasteiger partial charge in [0.15, 0.2) is 0 Å². The first kappa shape index (κ1) is 14.6. The topological polar surface area (TPSA) is 48.4 Å². The van der Waals surface area contributed by atoms with Gasteiger partial charge in [-0.3, -0.25) is 4.79 Å². The first-order chi connectivity index (χ1) is 8.49. The Bertz CT molecular complexity index is 441. The van der Waals surface area contributed by atoms with Crippen LogP contribution in [0, 0.1) is 0 Å². The van der Waals surface area contributed by atoms with E-state index in [1.54, 1.807) is 6.92 Å². The Balaban J connectivity index is 3.12. The number of alkyl halides is 2. The summed E-state index contributed by atoms with van der Waals surface area (Å²) >= 11 is 5.84. The van der Waals surface area contributed by atoms with Gasteiger partial charge < -0.3 is 9.47 Å². The monoisotopic (exact) mass is 279 g/mol. The number of carbonyl (C=O) groups excluding carboxylic acids is 1. The smallest absolute Gasteiger partial charge is 0.310 e. The minimum Gasteiger partial charge on any atom is -0.481 e. The second kappa shape index (κ2) is 6.49. The fourth-order valence-electron chi connectivity index (χ4n) is 1.35. The van der Waals surface area contributed by atoms with E-state index in [1.165, 1.54) is 13.2 Å². The predicted octanol–water partition coefficient (Wildman–Crippen LogP) is 2.79. The Morgan fingerprint density at radius 1 is 1.56 bits per heavy atom. The fraction of sp³-hybridized carbons (Fsp3) is 0.455. The van der Waals surface area contributed by atoms with E-state index in [0.717, 1.165) is 0 Å². The van der Waals surface area contributed by atoms with Gasteiger partial charge in [-0.2, -0.15) is 0 Å². The van der Waals surface area contributed by atoms with Gasteiger partial charge in [0.1, 0.15) is 5.69 Å². The molecule has 1 heterocycles. The average molecular weight is 280 g/mol. The summed E-state index contributed by atoms with van der Waals surface area (Å²) in [6.07, 6.45) is -3.19. The van der Waals surface area contributed by atoms with Crippen LogP contribution < -0.4 is 4.74 Å². The van der Waals surface area contributed by atoms with Crippen molar-refractivity contribution in [2.45, 2.75) is 19.8 Å². The van der Waals surface area contributed by atoms with Gasteiger partial charge >= 0.3 is 5.97 Å². The van der Waals surface area contributed by atoms with Crippen LogP contribution in [0.2, 0.25) is 5.02 Å². The van der Waals surface area contributed by atoms with E-state index in [4.69, 9.17) is 21.1 Å². The molecule has 0 bridgehead atoms. The molecule has 0 aromatic carbocycles. The molecule has 0 unspecified atom stereocenters. The first-order valence-corrected chi connectivity index (χ1v) is 5.54. The lowest BCUT2D eigenvalue weighted by Gasteiger charge is -2.11. The SMILES string of the molecule is CCOC(=O)Cc1c(Cl)cc(OC)nc1C(F)F. The summed E-state index contributed by atoms with van der Waals surface area (Å²) in [5, 5.41) is 0.00482. The Morgan fingerprint density at radius 3 is 2.72 bits per heavy atom. The summed E-state index contributed by atoms with van der Waals surface area (Å²) in [5.41, 5.74) is -0.599. The highest BCUT2D eigenvalue weighted by Crippen LogP contribution is 2.30. The van der Waals surface area contributed by atoms with Gasteiger partial charge in [0.2, 0.25) is 5.88 Å². The van der Waals surface area contributed by atoms with Crippen molar-refractivity contribution in [2.24, 2.45) is 0 Å². The molecule has 100 valence electrons. The Labute approximate surface area is 108 Å². The molecule has 4 nitrogen and oxygen atoms in total. The van der Waals surface area contributed by atoms with Crippen molar-refractivity contribution in [1.29, 1.82) is 0 Å². The molecule has 7 heteroatoms. The molecule has 0 aliphatic carbocycles. The quantitative estimate of drug-likeness (QED) is 0.778. The van der Waals surface area contributed by atoms with Crippen molar-refractivity contribution < 1.29 is 23.0 Å². The summed E-state index contributed by atoms with van der Waals surface area (Å²) in [6, 6.07) is 1.28. The molecule has 1 rings (SSSR count). The summed E-state index contributed by atoms with van der Waals surface area (Å²) in [6.45, 7) is 1.80. The van der Waals surface area contributed by atoms with Crippen molar-refractivity contribution in [2.75, 3.05) is 13.7 Å². The van der Waals surface area contributed by atoms with Crippen LogP contribution in [0.1, 0.15) is 24.6 Å². The van der Waals surface area contributed by atoms with Gasteiger partial charge in [0.05, 0.1) is 25.2 Å². The maximum Gasteiger partial charge on any atom is 0.310 e. The number of methoxy groups -OCH3 is 1. The number of hydrogen-bond acceptors (Lipinski definition) is 4. The van der Waals surface area contributed by atoms with Crippen LogP contribution in [0.15, 0.2) is 6.07 Å². The maximum atomic E-state index is 12.8. The third-order valence-electron chi connectivity index (χ3n) is 2.12. The Hall–Kier alpha value is -1.43. The van der Waals surface area contributed by atoms with Crippen molar-refractivity contribution >= 4 is 17.6 Å². The Kier molecular flexibility index (Phi) is 5.27. The third-order valence-corrected chi connectivity index (χ3v) is 2.46. The lowest BCUT2D eigenvalue weighted by molar-refractivity contribution is -0.142. The van der Waals surface area contributed by atoms with E-state index in [1.807, 2.05) is 0 Å². The summed E-state index contributed by atoms with van der Waals surface area (Å²) < 4.78 is 35.1. The first-order valence-electron chi connectivity index (χ1n) is 5.16. The van der Waals surface area contributed by atoms with Gasteiger partial charge in [-0.15, -0.1) is 0 Å². The number of ether oxygens (including phenoxy) is 2. The molecule has 1 aromatic heterocycles. The minimum absolute atomic E-state index is 0.00482. The highest BCUT2D eigenvalue weighted by molar-refractivity contribution is 6.31. The van der Waals surface area contributed by atoms with Crippen LogP contribution in [0.5, 0.6) is 5.88 Å². The standard InChI is InChI=1S/C11H12ClF2NO3/c1-3-18-9(16)4-6-7(12)5-8(17-2)15-10(6)11(13)14/h5,11H,3-4H2,1-2H3. The molecule has 0 saturated heterocycles. The van der Waals surface area contributed by atoms with Crippen LogP contribution in [-0.2, 0) is 16.0 Å². The fourth-order valence-corrected chi connectivity index (χ4v) is 1.61. The van der Waals surface area contributed by atoms with Crippen molar-refractivity contribution in [3.63, 3.8) is 0 Å². The number of hydrogen-bond donors (Lipinski definition) is 0. The molecule has 18 heavy (non-hydrogen) atoms. The zero-order valence-corrected chi connectivity index (χ0v) is 10.6. The van der Waals surface area contributed by atoms with E-state index in [0.29, 0.717) is 0 Å². The highest BCUT2D eigenvalue weighted by atomic mass is 35.5. The summed E-state index contributed by atoms with van der Waals surface area (Å²) in [7, 11) is 1.29. The normalized spacial score (nSPS) is 10.6. The molecule has 0 aliphatic rings. The number of aromatic nitrogens is 1. The number of carbonyl (C=O) groups is 1.